The maximum atomic E-state index is 11.3. The van der Waals surface area contributed by atoms with Crippen LogP contribution in [0.15, 0.2) is 0 Å². The molecule has 0 rings (SSSR count). The van der Waals surface area contributed by atoms with E-state index in [0.29, 0.717) is 0 Å². The van der Waals surface area contributed by atoms with Crippen LogP contribution < -0.4 is 0 Å². The highest BCUT2D eigenvalue weighted by molar-refractivity contribution is 8.93. The van der Waals surface area contributed by atoms with Crippen LogP contribution in [0.2, 0.25) is 0 Å². The number of esters is 4. The van der Waals surface area contributed by atoms with Crippen LogP contribution in [0.5, 0.6) is 0 Å². The van der Waals surface area contributed by atoms with Crippen molar-refractivity contribution in [2.75, 3.05) is 6.61 Å². The Hall–Kier alpha value is -2.01. The van der Waals surface area contributed by atoms with Crippen LogP contribution in [-0.4, -0.2) is 66.3 Å². The molecule has 144 valence electrons. The van der Waals surface area contributed by atoms with Crippen LogP contribution in [0.3, 0.4) is 0 Å². The Morgan fingerprint density at radius 1 is 0.800 bits per heavy atom. The standard InChI is InChI=1S/C14H20O10.BrH/c1-7(17)21-11(5-15)13(23-9(3)19)14(24-10(4)20)12(6-16)22-8(2)18;/h5,11-14,16H,6H2,1-4H3;1H/t11-,12+,13+,14+;/m0./s1. The molecule has 0 aliphatic rings. The fourth-order valence-electron chi connectivity index (χ4n) is 1.84. The third-order valence-corrected chi connectivity index (χ3v) is 2.55. The Labute approximate surface area is 154 Å². The van der Waals surface area contributed by atoms with Gasteiger partial charge < -0.3 is 24.1 Å². The summed E-state index contributed by atoms with van der Waals surface area (Å²) in [5, 5.41) is 9.37. The van der Waals surface area contributed by atoms with Crippen molar-refractivity contribution in [1.82, 2.24) is 0 Å². The molecule has 0 aromatic rings. The highest BCUT2D eigenvalue weighted by Gasteiger charge is 2.43. The van der Waals surface area contributed by atoms with E-state index >= 15 is 0 Å². The minimum atomic E-state index is -1.64. The maximum absolute atomic E-state index is 11.3. The van der Waals surface area contributed by atoms with E-state index in [1.165, 1.54) is 0 Å². The zero-order valence-electron chi connectivity index (χ0n) is 14.1. The number of ether oxygens (including phenoxy) is 4. The number of aliphatic hydroxyl groups excluding tert-OH is 1. The van der Waals surface area contributed by atoms with Crippen molar-refractivity contribution < 1.29 is 48.0 Å². The van der Waals surface area contributed by atoms with Crippen molar-refractivity contribution in [3.8, 4) is 0 Å². The van der Waals surface area contributed by atoms with Gasteiger partial charge in [0.1, 0.15) is 0 Å². The van der Waals surface area contributed by atoms with Crippen molar-refractivity contribution >= 4 is 47.1 Å². The Morgan fingerprint density at radius 2 is 1.20 bits per heavy atom. The number of hydrogen-bond donors (Lipinski definition) is 1. The van der Waals surface area contributed by atoms with Crippen LogP contribution in [-0.2, 0) is 42.9 Å². The van der Waals surface area contributed by atoms with Gasteiger partial charge in [-0.2, -0.15) is 0 Å². The normalized spacial score (nSPS) is 14.6. The first-order chi connectivity index (χ1) is 11.1. The molecule has 0 aliphatic heterocycles. The lowest BCUT2D eigenvalue weighted by atomic mass is 10.0. The van der Waals surface area contributed by atoms with Crippen LogP contribution >= 0.6 is 17.0 Å². The lowest BCUT2D eigenvalue weighted by Crippen LogP contribution is -2.53. The zero-order chi connectivity index (χ0) is 18.9. The van der Waals surface area contributed by atoms with E-state index in [9.17, 15) is 29.1 Å². The van der Waals surface area contributed by atoms with Gasteiger partial charge in [0.2, 0.25) is 0 Å². The molecule has 11 heteroatoms. The van der Waals surface area contributed by atoms with Crippen LogP contribution in [0.4, 0.5) is 0 Å². The molecular weight excluding hydrogens is 408 g/mol. The maximum Gasteiger partial charge on any atom is 0.303 e. The van der Waals surface area contributed by atoms with Crippen molar-refractivity contribution in [2.24, 2.45) is 0 Å². The molecule has 0 aliphatic carbocycles. The lowest BCUT2D eigenvalue weighted by molar-refractivity contribution is -0.199. The smallest absolute Gasteiger partial charge is 0.303 e. The fourth-order valence-corrected chi connectivity index (χ4v) is 1.84. The first-order valence-electron chi connectivity index (χ1n) is 6.87. The Balaban J connectivity index is 0. The Kier molecular flexibility index (Phi) is 12.5. The van der Waals surface area contributed by atoms with Crippen molar-refractivity contribution in [3.05, 3.63) is 0 Å². The minimum Gasteiger partial charge on any atom is -0.456 e. The summed E-state index contributed by atoms with van der Waals surface area (Å²) >= 11 is 0. The molecule has 10 nitrogen and oxygen atoms in total. The molecule has 0 saturated carbocycles. The molecule has 0 heterocycles. The van der Waals surface area contributed by atoms with Gasteiger partial charge in [-0.25, -0.2) is 0 Å². The van der Waals surface area contributed by atoms with E-state index < -0.39 is 54.9 Å². The fraction of sp³-hybridized carbons (Fsp3) is 0.643. The van der Waals surface area contributed by atoms with Gasteiger partial charge in [0, 0.05) is 27.7 Å². The molecule has 0 fully saturated rings. The van der Waals surface area contributed by atoms with Crippen molar-refractivity contribution in [2.45, 2.75) is 52.1 Å². The molecule has 0 aromatic carbocycles. The Bertz CT molecular complexity index is 492. The predicted octanol–water partition coefficient (Wildman–Crippen LogP) is -0.518. The number of halogens is 1. The summed E-state index contributed by atoms with van der Waals surface area (Å²) in [5.41, 5.74) is 0. The molecule has 0 unspecified atom stereocenters. The van der Waals surface area contributed by atoms with Gasteiger partial charge >= 0.3 is 23.9 Å². The molecule has 0 aromatic heterocycles. The summed E-state index contributed by atoms with van der Waals surface area (Å²) < 4.78 is 19.4. The number of aliphatic hydroxyl groups is 1. The average molecular weight is 429 g/mol. The van der Waals surface area contributed by atoms with E-state index in [1.807, 2.05) is 0 Å². The molecule has 0 radical (unpaired) electrons. The average Bonchev–Trinajstić information content (AvgIpc) is 2.45. The zero-order valence-corrected chi connectivity index (χ0v) is 15.8. The van der Waals surface area contributed by atoms with Gasteiger partial charge in [-0.3, -0.25) is 24.0 Å². The monoisotopic (exact) mass is 428 g/mol. The lowest BCUT2D eigenvalue weighted by Gasteiger charge is -2.33. The SMILES string of the molecule is Br.CC(=O)O[C@@H]([C@H](OC(C)=O)[C@@H](CO)OC(C)=O)[C@H](C=O)OC(C)=O. The number of rotatable bonds is 9. The van der Waals surface area contributed by atoms with Crippen molar-refractivity contribution in [3.63, 3.8) is 0 Å². The topological polar surface area (TPSA) is 142 Å². The number of aldehydes is 1. The molecule has 4 atom stereocenters. The second-order valence-electron chi connectivity index (χ2n) is 4.69. The molecule has 0 spiro atoms. The van der Waals surface area contributed by atoms with Gasteiger partial charge in [0.15, 0.2) is 30.7 Å². The molecule has 0 bridgehead atoms. The number of carbonyl (C=O) groups is 5. The van der Waals surface area contributed by atoms with E-state index in [1.54, 1.807) is 0 Å². The van der Waals surface area contributed by atoms with Crippen LogP contribution in [0, 0.1) is 0 Å². The second kappa shape index (κ2) is 12.4. The summed E-state index contributed by atoms with van der Waals surface area (Å²) in [6.45, 7) is 3.27. The predicted molar refractivity (Wildman–Crippen MR) is 85.7 cm³/mol. The molecule has 0 amide bonds. The van der Waals surface area contributed by atoms with Gasteiger partial charge in [0.25, 0.3) is 0 Å². The van der Waals surface area contributed by atoms with Crippen LogP contribution in [0.1, 0.15) is 27.7 Å². The summed E-state index contributed by atoms with van der Waals surface area (Å²) in [6.07, 6.45) is -6.12. The first-order valence-corrected chi connectivity index (χ1v) is 6.87. The van der Waals surface area contributed by atoms with E-state index in [-0.39, 0.29) is 23.3 Å². The highest BCUT2D eigenvalue weighted by atomic mass is 79.9. The first kappa shape index (κ1) is 25.2. The quantitative estimate of drug-likeness (QED) is 0.289. The molecule has 0 saturated heterocycles. The number of carbonyl (C=O) groups excluding carboxylic acids is 5. The highest BCUT2D eigenvalue weighted by Crippen LogP contribution is 2.18. The molecule has 1 N–H and O–H groups in total. The van der Waals surface area contributed by atoms with E-state index in [0.717, 1.165) is 27.7 Å². The van der Waals surface area contributed by atoms with Gasteiger partial charge in [-0.05, 0) is 0 Å². The van der Waals surface area contributed by atoms with Gasteiger partial charge in [-0.15, -0.1) is 17.0 Å². The molecular formula is C14H21BrO10. The number of hydrogen-bond acceptors (Lipinski definition) is 10. The summed E-state index contributed by atoms with van der Waals surface area (Å²) in [5.74, 6) is -3.42. The third-order valence-electron chi connectivity index (χ3n) is 2.55. The third kappa shape index (κ3) is 9.77. The summed E-state index contributed by atoms with van der Waals surface area (Å²) in [7, 11) is 0. The molecule has 25 heavy (non-hydrogen) atoms. The van der Waals surface area contributed by atoms with Crippen molar-refractivity contribution in [1.29, 1.82) is 0 Å². The summed E-state index contributed by atoms with van der Waals surface area (Å²) in [4.78, 5) is 56.0. The minimum absolute atomic E-state index is 0. The summed E-state index contributed by atoms with van der Waals surface area (Å²) in [6, 6.07) is 0. The van der Waals surface area contributed by atoms with E-state index in [2.05, 4.69) is 0 Å². The Morgan fingerprint density at radius 3 is 1.52 bits per heavy atom. The van der Waals surface area contributed by atoms with Gasteiger partial charge in [-0.1, -0.05) is 0 Å². The van der Waals surface area contributed by atoms with E-state index in [4.69, 9.17) is 18.9 Å². The largest absolute Gasteiger partial charge is 0.456 e. The van der Waals surface area contributed by atoms with Crippen LogP contribution in [0.25, 0.3) is 0 Å². The van der Waals surface area contributed by atoms with Gasteiger partial charge in [0.05, 0.1) is 6.61 Å². The second-order valence-corrected chi connectivity index (χ2v) is 4.69.